The van der Waals surface area contributed by atoms with Gasteiger partial charge in [-0.2, -0.15) is 0 Å². The summed E-state index contributed by atoms with van der Waals surface area (Å²) in [6.07, 6.45) is 5.16. The van der Waals surface area contributed by atoms with Gasteiger partial charge < -0.3 is 10.1 Å². The lowest BCUT2D eigenvalue weighted by Gasteiger charge is -2.21. The molecule has 2 aliphatic rings. The number of alkyl carbamates (subject to hydrolysis) is 1. The van der Waals surface area contributed by atoms with Gasteiger partial charge in [0.2, 0.25) is 0 Å². The quantitative estimate of drug-likeness (QED) is 0.892. The van der Waals surface area contributed by atoms with Crippen LogP contribution in [0.4, 0.5) is 4.79 Å². The monoisotopic (exact) mass is 269 g/mol. The zero-order valence-electron chi connectivity index (χ0n) is 11.8. The summed E-state index contributed by atoms with van der Waals surface area (Å²) in [4.78, 5) is 11.3. The van der Waals surface area contributed by atoms with E-state index >= 15 is 0 Å². The van der Waals surface area contributed by atoms with E-state index in [1.807, 2.05) is 0 Å². The SMILES string of the molecule is CNC(=O)OCC1C2=C(C=CC(C)C2)c2ccccc21. The standard InChI is InChI=1S/C17H19NO2/c1-11-7-8-14-12-5-3-4-6-13(12)16(15(14)9-11)10-20-17(19)18-2/h3-8,11,16H,9-10H2,1-2H3,(H,18,19). The Morgan fingerprint density at radius 3 is 3.00 bits per heavy atom. The highest BCUT2D eigenvalue weighted by molar-refractivity contribution is 5.85. The maximum absolute atomic E-state index is 11.3. The Bertz CT molecular complexity index is 601. The van der Waals surface area contributed by atoms with Crippen molar-refractivity contribution in [2.45, 2.75) is 19.3 Å². The van der Waals surface area contributed by atoms with Crippen molar-refractivity contribution in [3.8, 4) is 0 Å². The van der Waals surface area contributed by atoms with Gasteiger partial charge in [-0.15, -0.1) is 0 Å². The van der Waals surface area contributed by atoms with Gasteiger partial charge in [0.15, 0.2) is 0 Å². The van der Waals surface area contributed by atoms with Gasteiger partial charge in [0, 0.05) is 13.0 Å². The van der Waals surface area contributed by atoms with E-state index in [1.54, 1.807) is 7.05 Å². The van der Waals surface area contributed by atoms with Crippen LogP contribution in [-0.4, -0.2) is 19.7 Å². The number of rotatable bonds is 2. The van der Waals surface area contributed by atoms with Crippen molar-refractivity contribution in [2.24, 2.45) is 5.92 Å². The number of carbonyl (C=O) groups excluding carboxylic acids is 1. The number of hydrogen-bond acceptors (Lipinski definition) is 2. The van der Waals surface area contributed by atoms with Crippen LogP contribution < -0.4 is 5.32 Å². The fourth-order valence-corrected chi connectivity index (χ4v) is 3.14. The van der Waals surface area contributed by atoms with Gasteiger partial charge in [0.1, 0.15) is 6.61 Å². The van der Waals surface area contributed by atoms with Crippen LogP contribution in [-0.2, 0) is 4.74 Å². The van der Waals surface area contributed by atoms with E-state index in [9.17, 15) is 4.79 Å². The minimum Gasteiger partial charge on any atom is -0.449 e. The Hall–Kier alpha value is -2.03. The van der Waals surface area contributed by atoms with Gasteiger partial charge in [-0.1, -0.05) is 48.9 Å². The minimum atomic E-state index is -0.365. The molecule has 2 unspecified atom stereocenters. The predicted molar refractivity (Wildman–Crippen MR) is 79.4 cm³/mol. The maximum atomic E-state index is 11.3. The smallest absolute Gasteiger partial charge is 0.406 e. The topological polar surface area (TPSA) is 38.3 Å². The number of carbonyl (C=O) groups is 1. The summed E-state index contributed by atoms with van der Waals surface area (Å²) >= 11 is 0. The van der Waals surface area contributed by atoms with Gasteiger partial charge in [-0.3, -0.25) is 0 Å². The third-order valence-corrected chi connectivity index (χ3v) is 4.11. The van der Waals surface area contributed by atoms with Crippen molar-refractivity contribution in [2.75, 3.05) is 13.7 Å². The second kappa shape index (κ2) is 5.16. The molecule has 1 aromatic carbocycles. The molecule has 1 amide bonds. The van der Waals surface area contributed by atoms with Crippen molar-refractivity contribution in [3.05, 3.63) is 53.1 Å². The van der Waals surface area contributed by atoms with E-state index in [0.717, 1.165) is 6.42 Å². The molecule has 0 aliphatic heterocycles. The fourth-order valence-electron chi connectivity index (χ4n) is 3.14. The number of amides is 1. The van der Waals surface area contributed by atoms with Gasteiger partial charge in [0.25, 0.3) is 0 Å². The van der Waals surface area contributed by atoms with Crippen LogP contribution in [0.5, 0.6) is 0 Å². The van der Waals surface area contributed by atoms with Gasteiger partial charge in [-0.25, -0.2) is 4.79 Å². The van der Waals surface area contributed by atoms with Gasteiger partial charge in [0.05, 0.1) is 0 Å². The molecule has 0 radical (unpaired) electrons. The molecule has 3 rings (SSSR count). The van der Waals surface area contributed by atoms with Crippen molar-refractivity contribution in [3.63, 3.8) is 0 Å². The summed E-state index contributed by atoms with van der Waals surface area (Å²) in [7, 11) is 1.58. The maximum Gasteiger partial charge on any atom is 0.406 e. The van der Waals surface area contributed by atoms with Crippen LogP contribution in [0, 0.1) is 5.92 Å². The summed E-state index contributed by atoms with van der Waals surface area (Å²) in [6.45, 7) is 2.63. The Labute approximate surface area is 119 Å². The first-order valence-electron chi connectivity index (χ1n) is 7.05. The number of allylic oxidation sites excluding steroid dienone is 3. The molecule has 0 bridgehead atoms. The molecule has 1 N–H and O–H groups in total. The molecule has 1 aromatic rings. The lowest BCUT2D eigenvalue weighted by molar-refractivity contribution is 0.144. The number of hydrogen-bond donors (Lipinski definition) is 1. The van der Waals surface area contributed by atoms with Gasteiger partial charge in [-0.05, 0) is 29.0 Å². The molecule has 3 nitrogen and oxygen atoms in total. The highest BCUT2D eigenvalue weighted by atomic mass is 16.5. The Morgan fingerprint density at radius 1 is 1.40 bits per heavy atom. The van der Waals surface area contributed by atoms with Crippen LogP contribution in [0.3, 0.4) is 0 Å². The van der Waals surface area contributed by atoms with Crippen molar-refractivity contribution in [1.82, 2.24) is 5.32 Å². The van der Waals surface area contributed by atoms with E-state index in [4.69, 9.17) is 4.74 Å². The lowest BCUT2D eigenvalue weighted by atomic mass is 9.86. The third-order valence-electron chi connectivity index (χ3n) is 4.11. The highest BCUT2D eigenvalue weighted by Gasteiger charge is 2.32. The number of benzene rings is 1. The highest BCUT2D eigenvalue weighted by Crippen LogP contribution is 2.47. The van der Waals surface area contributed by atoms with Gasteiger partial charge >= 0.3 is 6.09 Å². The molecule has 2 aliphatic carbocycles. The first kappa shape index (κ1) is 13.0. The average molecular weight is 269 g/mol. The second-order valence-corrected chi connectivity index (χ2v) is 5.47. The van der Waals surface area contributed by atoms with Crippen LogP contribution in [0.15, 0.2) is 42.0 Å². The lowest BCUT2D eigenvalue weighted by Crippen LogP contribution is -2.22. The van der Waals surface area contributed by atoms with Crippen LogP contribution in [0.1, 0.15) is 30.4 Å². The van der Waals surface area contributed by atoms with E-state index in [-0.39, 0.29) is 12.0 Å². The van der Waals surface area contributed by atoms with E-state index in [0.29, 0.717) is 12.5 Å². The fraction of sp³-hybridized carbons (Fsp3) is 0.353. The van der Waals surface area contributed by atoms with E-state index < -0.39 is 0 Å². The molecule has 0 aromatic heterocycles. The largest absolute Gasteiger partial charge is 0.449 e. The normalized spacial score (nSPS) is 23.3. The summed E-state index contributed by atoms with van der Waals surface area (Å²) in [5, 5.41) is 2.50. The predicted octanol–water partition coefficient (Wildman–Crippen LogP) is 3.49. The number of fused-ring (bicyclic) bond motifs is 2. The van der Waals surface area contributed by atoms with E-state index in [2.05, 4.69) is 48.7 Å². The summed E-state index contributed by atoms with van der Waals surface area (Å²) in [5.41, 5.74) is 5.30. The molecule has 104 valence electrons. The van der Waals surface area contributed by atoms with Crippen LogP contribution in [0.2, 0.25) is 0 Å². The molecular formula is C17H19NO2. The molecule has 3 heteroatoms. The van der Waals surface area contributed by atoms with Crippen molar-refractivity contribution < 1.29 is 9.53 Å². The molecule has 2 atom stereocenters. The second-order valence-electron chi connectivity index (χ2n) is 5.47. The zero-order valence-corrected chi connectivity index (χ0v) is 11.8. The first-order chi connectivity index (χ1) is 9.70. The molecule has 20 heavy (non-hydrogen) atoms. The average Bonchev–Trinajstić information content (AvgIpc) is 2.78. The molecule has 0 saturated heterocycles. The molecule has 0 heterocycles. The van der Waals surface area contributed by atoms with Crippen molar-refractivity contribution >= 4 is 11.7 Å². The molecule has 0 saturated carbocycles. The Kier molecular flexibility index (Phi) is 3.35. The zero-order chi connectivity index (χ0) is 14.1. The molecule has 0 spiro atoms. The third kappa shape index (κ3) is 2.13. The van der Waals surface area contributed by atoms with E-state index in [1.165, 1.54) is 22.3 Å². The number of nitrogens with one attached hydrogen (secondary N) is 1. The number of ether oxygens (including phenoxy) is 1. The Morgan fingerprint density at radius 2 is 2.20 bits per heavy atom. The van der Waals surface area contributed by atoms with Crippen LogP contribution >= 0.6 is 0 Å². The van der Waals surface area contributed by atoms with Crippen molar-refractivity contribution in [1.29, 1.82) is 0 Å². The summed E-state index contributed by atoms with van der Waals surface area (Å²) < 4.78 is 5.31. The molecular weight excluding hydrogens is 250 g/mol. The Balaban J connectivity index is 1.93. The van der Waals surface area contributed by atoms with Crippen LogP contribution in [0.25, 0.3) is 5.57 Å². The minimum absolute atomic E-state index is 0.200. The molecule has 0 fully saturated rings. The first-order valence-corrected chi connectivity index (χ1v) is 7.05. The summed E-state index contributed by atoms with van der Waals surface area (Å²) in [5.74, 6) is 0.747. The summed E-state index contributed by atoms with van der Waals surface area (Å²) in [6, 6.07) is 8.42.